The van der Waals surface area contributed by atoms with Crippen LogP contribution in [0.25, 0.3) is 0 Å². The molecule has 18 heavy (non-hydrogen) atoms. The highest BCUT2D eigenvalue weighted by Crippen LogP contribution is 2.34. The number of aryl methyl sites for hydroxylation is 2. The van der Waals surface area contributed by atoms with Gasteiger partial charge in [-0.1, -0.05) is 12.8 Å². The van der Waals surface area contributed by atoms with Crippen molar-refractivity contribution in [2.45, 2.75) is 64.3 Å². The first-order valence-corrected chi connectivity index (χ1v) is 8.49. The fourth-order valence-electron chi connectivity index (χ4n) is 2.94. The van der Waals surface area contributed by atoms with Crippen LogP contribution in [0.2, 0.25) is 0 Å². The maximum Gasteiger partial charge on any atom is 0.0386 e. The third kappa shape index (κ3) is 3.16. The predicted octanol–water partition coefficient (Wildman–Crippen LogP) is 4.47. The summed E-state index contributed by atoms with van der Waals surface area (Å²) in [6, 6.07) is 3.03. The third-order valence-corrected chi connectivity index (χ3v) is 5.80. The molecule has 0 aliphatic heterocycles. The molecule has 1 atom stereocenters. The Morgan fingerprint density at radius 3 is 2.94 bits per heavy atom. The summed E-state index contributed by atoms with van der Waals surface area (Å²) in [5, 5.41) is 3.70. The molecular formula is C16H25NS. The van der Waals surface area contributed by atoms with Gasteiger partial charge in [0.05, 0.1) is 0 Å². The lowest BCUT2D eigenvalue weighted by Crippen LogP contribution is -2.19. The van der Waals surface area contributed by atoms with Crippen LogP contribution in [0, 0.1) is 5.92 Å². The molecule has 100 valence electrons. The topological polar surface area (TPSA) is 12.0 Å². The molecule has 1 heterocycles. The van der Waals surface area contributed by atoms with Crippen LogP contribution in [-0.2, 0) is 12.8 Å². The Labute approximate surface area is 115 Å². The molecule has 3 rings (SSSR count). The molecule has 0 aromatic carbocycles. The summed E-state index contributed by atoms with van der Waals surface area (Å²) < 4.78 is 0. The number of fused-ring (bicyclic) bond motifs is 1. The van der Waals surface area contributed by atoms with Crippen molar-refractivity contribution in [1.29, 1.82) is 0 Å². The summed E-state index contributed by atoms with van der Waals surface area (Å²) in [5.74, 6) is 1.08. The number of nitrogens with one attached hydrogen (secondary N) is 1. The minimum Gasteiger partial charge on any atom is -0.309 e. The second-order valence-electron chi connectivity index (χ2n) is 6.07. The van der Waals surface area contributed by atoms with E-state index in [2.05, 4.69) is 29.6 Å². The summed E-state index contributed by atoms with van der Waals surface area (Å²) >= 11 is 2.06. The summed E-state index contributed by atoms with van der Waals surface area (Å²) in [5.41, 5.74) is 1.65. The Hall–Kier alpha value is -0.340. The lowest BCUT2D eigenvalue weighted by Gasteiger charge is -2.11. The van der Waals surface area contributed by atoms with Crippen LogP contribution >= 0.6 is 11.3 Å². The molecule has 1 unspecified atom stereocenters. The van der Waals surface area contributed by atoms with Crippen LogP contribution in [-0.4, -0.2) is 6.54 Å². The van der Waals surface area contributed by atoms with Gasteiger partial charge in [0.1, 0.15) is 0 Å². The van der Waals surface area contributed by atoms with Gasteiger partial charge in [-0.25, -0.2) is 0 Å². The Bertz CT molecular complexity index is 368. The van der Waals surface area contributed by atoms with Crippen molar-refractivity contribution in [3.05, 3.63) is 21.4 Å². The van der Waals surface area contributed by atoms with Crippen molar-refractivity contribution in [2.75, 3.05) is 6.54 Å². The summed E-state index contributed by atoms with van der Waals surface area (Å²) in [4.78, 5) is 3.23. The second-order valence-corrected chi connectivity index (χ2v) is 7.23. The van der Waals surface area contributed by atoms with E-state index in [0.717, 1.165) is 5.92 Å². The predicted molar refractivity (Wildman–Crippen MR) is 79.3 cm³/mol. The normalized spacial score (nSPS) is 20.7. The van der Waals surface area contributed by atoms with Crippen LogP contribution in [0.3, 0.4) is 0 Å². The number of thiophene rings is 1. The fraction of sp³-hybridized carbons (Fsp3) is 0.750. The molecular weight excluding hydrogens is 238 g/mol. The van der Waals surface area contributed by atoms with Crippen molar-refractivity contribution in [2.24, 2.45) is 5.92 Å². The van der Waals surface area contributed by atoms with E-state index in [0.29, 0.717) is 6.04 Å². The summed E-state index contributed by atoms with van der Waals surface area (Å²) in [7, 11) is 0. The Morgan fingerprint density at radius 1 is 1.33 bits per heavy atom. The van der Waals surface area contributed by atoms with Crippen LogP contribution in [0.15, 0.2) is 6.07 Å². The van der Waals surface area contributed by atoms with Crippen molar-refractivity contribution in [1.82, 2.24) is 5.32 Å². The molecule has 1 fully saturated rings. The lowest BCUT2D eigenvalue weighted by atomic mass is 9.99. The van der Waals surface area contributed by atoms with E-state index in [-0.39, 0.29) is 0 Å². The highest BCUT2D eigenvalue weighted by atomic mass is 32.1. The minimum absolute atomic E-state index is 0.555. The molecule has 1 nitrogen and oxygen atoms in total. The SMILES string of the molecule is CC(NCCCC1CC1)c1cc2c(s1)CCCC2. The van der Waals surface area contributed by atoms with Gasteiger partial charge < -0.3 is 5.32 Å². The lowest BCUT2D eigenvalue weighted by molar-refractivity contribution is 0.538. The molecule has 0 saturated heterocycles. The number of hydrogen-bond acceptors (Lipinski definition) is 2. The molecule has 0 amide bonds. The van der Waals surface area contributed by atoms with E-state index in [1.807, 2.05) is 0 Å². The van der Waals surface area contributed by atoms with Gasteiger partial charge in [0, 0.05) is 15.8 Å². The van der Waals surface area contributed by atoms with Gasteiger partial charge in [-0.3, -0.25) is 0 Å². The molecule has 0 radical (unpaired) electrons. The summed E-state index contributed by atoms with van der Waals surface area (Å²) in [6.45, 7) is 3.52. The molecule has 1 saturated carbocycles. The maximum atomic E-state index is 3.70. The minimum atomic E-state index is 0.555. The molecule has 1 N–H and O–H groups in total. The van der Waals surface area contributed by atoms with Gasteiger partial charge in [-0.2, -0.15) is 0 Å². The van der Waals surface area contributed by atoms with E-state index in [1.165, 1.54) is 57.9 Å². The van der Waals surface area contributed by atoms with E-state index in [4.69, 9.17) is 0 Å². The van der Waals surface area contributed by atoms with Gasteiger partial charge in [0.25, 0.3) is 0 Å². The van der Waals surface area contributed by atoms with Crippen LogP contribution in [0.1, 0.15) is 66.8 Å². The smallest absolute Gasteiger partial charge is 0.0386 e. The van der Waals surface area contributed by atoms with E-state index in [1.54, 1.807) is 15.3 Å². The highest BCUT2D eigenvalue weighted by molar-refractivity contribution is 7.12. The highest BCUT2D eigenvalue weighted by Gasteiger charge is 2.20. The number of hydrogen-bond donors (Lipinski definition) is 1. The largest absolute Gasteiger partial charge is 0.309 e. The van der Waals surface area contributed by atoms with Crippen molar-refractivity contribution in [3.63, 3.8) is 0 Å². The van der Waals surface area contributed by atoms with Crippen LogP contribution in [0.5, 0.6) is 0 Å². The average Bonchev–Trinajstić information content (AvgIpc) is 3.10. The van der Waals surface area contributed by atoms with Crippen molar-refractivity contribution < 1.29 is 0 Å². The molecule has 1 aromatic rings. The van der Waals surface area contributed by atoms with Gasteiger partial charge in [-0.15, -0.1) is 11.3 Å². The van der Waals surface area contributed by atoms with E-state index in [9.17, 15) is 0 Å². The van der Waals surface area contributed by atoms with Crippen LogP contribution in [0.4, 0.5) is 0 Å². The molecule has 2 aliphatic carbocycles. The van der Waals surface area contributed by atoms with Gasteiger partial charge in [-0.05, 0) is 69.5 Å². The first-order valence-electron chi connectivity index (χ1n) is 7.68. The van der Waals surface area contributed by atoms with E-state index >= 15 is 0 Å². The van der Waals surface area contributed by atoms with Gasteiger partial charge >= 0.3 is 0 Å². The molecule has 0 spiro atoms. The average molecular weight is 263 g/mol. The Balaban J connectivity index is 1.48. The second kappa shape index (κ2) is 5.75. The quantitative estimate of drug-likeness (QED) is 0.747. The van der Waals surface area contributed by atoms with Gasteiger partial charge in [0.2, 0.25) is 0 Å². The monoisotopic (exact) mass is 263 g/mol. The first kappa shape index (κ1) is 12.7. The third-order valence-electron chi connectivity index (χ3n) is 4.38. The fourth-order valence-corrected chi connectivity index (χ4v) is 4.23. The Kier molecular flexibility index (Phi) is 4.05. The molecule has 2 heteroatoms. The zero-order valence-corrected chi connectivity index (χ0v) is 12.3. The zero-order valence-electron chi connectivity index (χ0n) is 11.5. The maximum absolute atomic E-state index is 3.70. The van der Waals surface area contributed by atoms with Gasteiger partial charge in [0.15, 0.2) is 0 Å². The first-order chi connectivity index (χ1) is 8.83. The molecule has 1 aromatic heterocycles. The standard InChI is InChI=1S/C16H25NS/c1-12(17-10-4-5-13-8-9-13)16-11-14-6-2-3-7-15(14)18-16/h11-13,17H,2-10H2,1H3. The molecule has 0 bridgehead atoms. The van der Waals surface area contributed by atoms with Crippen molar-refractivity contribution in [3.8, 4) is 0 Å². The zero-order chi connectivity index (χ0) is 12.4. The number of rotatable bonds is 6. The van der Waals surface area contributed by atoms with E-state index < -0.39 is 0 Å². The molecule has 2 aliphatic rings. The summed E-state index contributed by atoms with van der Waals surface area (Å²) in [6.07, 6.45) is 11.2. The van der Waals surface area contributed by atoms with Crippen LogP contribution < -0.4 is 5.32 Å². The van der Waals surface area contributed by atoms with Crippen molar-refractivity contribution >= 4 is 11.3 Å². The Morgan fingerprint density at radius 2 is 2.17 bits per heavy atom.